The van der Waals surface area contributed by atoms with Gasteiger partial charge < -0.3 is 20.1 Å². The Morgan fingerprint density at radius 3 is 2.64 bits per heavy atom. The van der Waals surface area contributed by atoms with Crippen LogP contribution in [0.25, 0.3) is 0 Å². The molecule has 5 N–H and O–H groups in total. The third-order valence-corrected chi connectivity index (χ3v) is 4.29. The predicted molar refractivity (Wildman–Crippen MR) is 88.4 cm³/mol. The lowest BCUT2D eigenvalue weighted by Crippen LogP contribution is -2.42. The summed E-state index contributed by atoms with van der Waals surface area (Å²) in [6.45, 7) is 2.11. The first-order chi connectivity index (χ1) is 11.8. The smallest absolute Gasteiger partial charge is 0.409 e. The fourth-order valence-corrected chi connectivity index (χ4v) is 2.92. The van der Waals surface area contributed by atoms with Gasteiger partial charge in [-0.15, -0.1) is 0 Å². The molecule has 0 aromatic heterocycles. The number of carboxylic acid groups (broad SMARTS) is 1. The Labute approximate surface area is 145 Å². The van der Waals surface area contributed by atoms with Gasteiger partial charge in [0, 0.05) is 18.4 Å². The van der Waals surface area contributed by atoms with Gasteiger partial charge in [0.2, 0.25) is 0 Å². The van der Waals surface area contributed by atoms with Gasteiger partial charge in [0.1, 0.15) is 23.6 Å². The summed E-state index contributed by atoms with van der Waals surface area (Å²) in [5.74, 6) is 1.80. The molecule has 25 heavy (non-hydrogen) atoms. The molecule has 1 aromatic carbocycles. The van der Waals surface area contributed by atoms with E-state index in [0.717, 1.165) is 5.56 Å². The van der Waals surface area contributed by atoms with Gasteiger partial charge >= 0.3 is 6.09 Å². The summed E-state index contributed by atoms with van der Waals surface area (Å²) in [4.78, 5) is 21.9. The summed E-state index contributed by atoms with van der Waals surface area (Å²) in [5, 5.41) is 32.9. The largest absolute Gasteiger partial charge is 0.508 e. The minimum atomic E-state index is -1.33. The van der Waals surface area contributed by atoms with E-state index in [-0.39, 0.29) is 24.4 Å². The van der Waals surface area contributed by atoms with Crippen molar-refractivity contribution in [2.45, 2.75) is 38.7 Å². The van der Waals surface area contributed by atoms with Crippen LogP contribution >= 0.6 is 0 Å². The lowest BCUT2D eigenvalue weighted by atomic mass is 9.78. The predicted octanol–water partition coefficient (Wildman–Crippen LogP) is 0.969. The van der Waals surface area contributed by atoms with Crippen LogP contribution in [0.5, 0.6) is 5.75 Å². The highest BCUT2D eigenvalue weighted by Crippen LogP contribution is 2.36. The molecule has 0 aliphatic carbocycles. The third kappa shape index (κ3) is 5.30. The molecule has 1 saturated heterocycles. The fourth-order valence-electron chi connectivity index (χ4n) is 2.92. The average molecular weight is 350 g/mol. The molecule has 1 aromatic rings. The summed E-state index contributed by atoms with van der Waals surface area (Å²) >= 11 is 0. The molecule has 3 atom stereocenters. The van der Waals surface area contributed by atoms with Gasteiger partial charge in [0.25, 0.3) is 0 Å². The molecule has 1 amide bonds. The second-order valence-corrected chi connectivity index (χ2v) is 6.39. The van der Waals surface area contributed by atoms with Crippen molar-refractivity contribution in [3.8, 4) is 5.75 Å². The number of carbonyl (C=O) groups is 1. The molecule has 8 nitrogen and oxygen atoms in total. The van der Waals surface area contributed by atoms with Crippen LogP contribution in [0.3, 0.4) is 0 Å². The number of phenolic OH excluding ortho intramolecular Hbond substituents is 1. The van der Waals surface area contributed by atoms with Gasteiger partial charge in [0.05, 0.1) is 0 Å². The van der Waals surface area contributed by atoms with E-state index in [9.17, 15) is 19.8 Å². The van der Waals surface area contributed by atoms with Gasteiger partial charge in [-0.05, 0) is 30.5 Å². The maximum atomic E-state index is 11.1. The molecule has 2 rings (SSSR count). The van der Waals surface area contributed by atoms with Crippen molar-refractivity contribution in [3.63, 3.8) is 0 Å². The molecular weight excluding hydrogens is 328 g/mol. The van der Waals surface area contributed by atoms with Crippen LogP contribution < -0.4 is 10.6 Å². The number of ether oxygens (including phenoxy) is 1. The van der Waals surface area contributed by atoms with Crippen LogP contribution in [0.4, 0.5) is 4.79 Å². The Morgan fingerprint density at radius 1 is 1.44 bits per heavy atom. The summed E-state index contributed by atoms with van der Waals surface area (Å²) in [6, 6.07) is 6.76. The van der Waals surface area contributed by atoms with Crippen LogP contribution in [0, 0.1) is 5.41 Å². The number of phenols is 1. The van der Waals surface area contributed by atoms with Crippen molar-refractivity contribution >= 4 is 12.0 Å². The number of nitrogens with one attached hydrogen (secondary N) is 2. The maximum Gasteiger partial charge on any atom is 0.409 e. The number of allylic oxidation sites excluding steroid dienone is 1. The summed E-state index contributed by atoms with van der Waals surface area (Å²) in [6.07, 6.45) is -1.57. The Hall–Kier alpha value is -2.38. The Morgan fingerprint density at radius 2 is 2.12 bits per heavy atom. The molecule has 1 heterocycles. The number of rotatable bonds is 7. The van der Waals surface area contributed by atoms with Crippen LogP contribution in [-0.4, -0.2) is 46.4 Å². The first kappa shape index (κ1) is 19.0. The molecule has 8 heteroatoms. The Kier molecular flexibility index (Phi) is 6.17. The van der Waals surface area contributed by atoms with Crippen LogP contribution in [0.1, 0.15) is 25.3 Å². The van der Waals surface area contributed by atoms with Crippen molar-refractivity contribution in [3.05, 3.63) is 35.5 Å². The quantitative estimate of drug-likeness (QED) is 0.464. The van der Waals surface area contributed by atoms with E-state index < -0.39 is 24.0 Å². The molecule has 0 saturated carbocycles. The highest BCUT2D eigenvalue weighted by molar-refractivity contribution is 5.71. The maximum absolute atomic E-state index is 11.1. The van der Waals surface area contributed by atoms with E-state index >= 15 is 0 Å². The first-order valence-electron chi connectivity index (χ1n) is 7.91. The van der Waals surface area contributed by atoms with Crippen LogP contribution in [0.15, 0.2) is 30.0 Å². The summed E-state index contributed by atoms with van der Waals surface area (Å²) < 4.78 is 5.47. The first-order valence-corrected chi connectivity index (χ1v) is 7.91. The highest BCUT2D eigenvalue weighted by Gasteiger charge is 2.40. The second-order valence-electron chi connectivity index (χ2n) is 6.39. The monoisotopic (exact) mass is 350 g/mol. The van der Waals surface area contributed by atoms with Gasteiger partial charge in [0.15, 0.2) is 6.29 Å². The van der Waals surface area contributed by atoms with E-state index in [4.69, 9.17) is 9.84 Å². The standard InChI is InChI=1S/C17H22N2O6/c1-17(15-18-9-14(22)25-15,8-12(10-20)19-16(23)24)7-6-11-2-4-13(21)5-3-11/h2-5,14-15,18-19,21-22H,6-9H2,1H3,(H,23,24). The number of aromatic hydroxyl groups is 1. The van der Waals surface area contributed by atoms with Crippen LogP contribution in [0.2, 0.25) is 0 Å². The second kappa shape index (κ2) is 8.13. The van der Waals surface area contributed by atoms with Crippen molar-refractivity contribution < 1.29 is 29.6 Å². The minimum absolute atomic E-state index is 0.0886. The molecule has 1 aliphatic rings. The fraction of sp³-hybridized carbons (Fsp3) is 0.471. The molecular formula is C17H22N2O6. The van der Waals surface area contributed by atoms with E-state index in [2.05, 4.69) is 10.6 Å². The van der Waals surface area contributed by atoms with E-state index in [1.807, 2.05) is 6.92 Å². The normalized spacial score (nSPS) is 22.0. The van der Waals surface area contributed by atoms with Crippen molar-refractivity contribution in [2.75, 3.05) is 6.54 Å². The van der Waals surface area contributed by atoms with Crippen LogP contribution in [-0.2, 0) is 16.0 Å². The minimum Gasteiger partial charge on any atom is -0.508 e. The number of benzene rings is 1. The van der Waals surface area contributed by atoms with Crippen molar-refractivity contribution in [1.82, 2.24) is 10.6 Å². The summed E-state index contributed by atoms with van der Waals surface area (Å²) in [5.41, 5.74) is 0.225. The van der Waals surface area contributed by atoms with E-state index in [1.165, 1.54) is 0 Å². The van der Waals surface area contributed by atoms with Crippen molar-refractivity contribution in [2.24, 2.45) is 5.41 Å². The van der Waals surface area contributed by atoms with Crippen molar-refractivity contribution in [1.29, 1.82) is 0 Å². The van der Waals surface area contributed by atoms with Gasteiger partial charge in [-0.3, -0.25) is 10.6 Å². The Bertz CT molecular complexity index is 656. The summed E-state index contributed by atoms with van der Waals surface area (Å²) in [7, 11) is 0. The molecule has 0 spiro atoms. The van der Waals surface area contributed by atoms with Gasteiger partial charge in [-0.1, -0.05) is 19.1 Å². The lowest BCUT2D eigenvalue weighted by Gasteiger charge is -2.35. The topological polar surface area (TPSA) is 128 Å². The van der Waals surface area contributed by atoms with Gasteiger partial charge in [-0.2, -0.15) is 0 Å². The highest BCUT2D eigenvalue weighted by atomic mass is 16.6. The third-order valence-electron chi connectivity index (χ3n) is 4.29. The number of amides is 1. The number of aryl methyl sites for hydroxylation is 1. The SMILES string of the molecule is CC(CCc1ccc(O)cc1)(CC(=C=O)NC(=O)O)C1NCC(O)O1. The zero-order chi connectivity index (χ0) is 18.4. The zero-order valence-corrected chi connectivity index (χ0v) is 13.9. The molecule has 1 fully saturated rings. The average Bonchev–Trinajstić information content (AvgIpc) is 3.00. The number of hydrogen-bond donors (Lipinski definition) is 5. The molecule has 0 radical (unpaired) electrons. The number of hydrogen-bond acceptors (Lipinski definition) is 6. The molecule has 0 bridgehead atoms. The number of aliphatic hydroxyl groups excluding tert-OH is 1. The molecule has 136 valence electrons. The molecule has 3 unspecified atom stereocenters. The van der Waals surface area contributed by atoms with E-state index in [0.29, 0.717) is 12.8 Å². The number of β-amino-alcohol motifs (C(OH)–C–C–N with tert-alkyl or cyclic N) is 1. The van der Waals surface area contributed by atoms with Gasteiger partial charge in [-0.25, -0.2) is 9.59 Å². The molecule has 1 aliphatic heterocycles. The Balaban J connectivity index is 2.14. The number of carbonyl (C=O) groups excluding carboxylic acids is 1. The van der Waals surface area contributed by atoms with E-state index in [1.54, 1.807) is 30.2 Å². The number of aliphatic hydroxyl groups is 1. The lowest BCUT2D eigenvalue weighted by molar-refractivity contribution is -0.124. The zero-order valence-electron chi connectivity index (χ0n) is 13.9.